The Hall–Kier alpha value is -0.764. The fourth-order valence-electron chi connectivity index (χ4n) is 1.63. The van der Waals surface area contributed by atoms with Crippen LogP contribution < -0.4 is 5.19 Å². The van der Waals surface area contributed by atoms with E-state index in [0.29, 0.717) is 5.56 Å². The van der Waals surface area contributed by atoms with E-state index in [-0.39, 0.29) is 20.1 Å². The van der Waals surface area contributed by atoms with Crippen molar-refractivity contribution in [3.63, 3.8) is 0 Å². The molecule has 2 aromatic rings. The molecule has 0 saturated carbocycles. The Morgan fingerprint density at radius 1 is 1.22 bits per heavy atom. The number of aromatic nitrogens is 1. The van der Waals surface area contributed by atoms with Gasteiger partial charge in [0.15, 0.2) is 0 Å². The van der Waals surface area contributed by atoms with E-state index >= 15 is 0 Å². The molecule has 0 aliphatic heterocycles. The van der Waals surface area contributed by atoms with E-state index in [9.17, 15) is 0 Å². The number of benzene rings is 1. The van der Waals surface area contributed by atoms with Crippen molar-refractivity contribution in [2.75, 3.05) is 0 Å². The molecule has 0 amide bonds. The summed E-state index contributed by atoms with van der Waals surface area (Å²) in [5.41, 5.74) is 1.99. The maximum absolute atomic E-state index is 7.37. The van der Waals surface area contributed by atoms with E-state index in [1.54, 1.807) is 12.1 Å². The summed E-state index contributed by atoms with van der Waals surface area (Å²) in [5, 5.41) is 1.33. The van der Waals surface area contributed by atoms with Gasteiger partial charge in [0.25, 0.3) is 0 Å². The third-order valence-corrected chi connectivity index (χ3v) is 4.76. The molecule has 0 spiro atoms. The van der Waals surface area contributed by atoms with E-state index in [0.717, 1.165) is 11.3 Å². The van der Waals surface area contributed by atoms with Gasteiger partial charge in [0.2, 0.25) is 0 Å². The van der Waals surface area contributed by atoms with Gasteiger partial charge in [-0.1, -0.05) is 37.7 Å². The van der Waals surface area contributed by atoms with Gasteiger partial charge in [-0.25, -0.2) is 0 Å². The third kappa shape index (κ3) is 3.61. The first-order chi connectivity index (χ1) is 9.18. The van der Waals surface area contributed by atoms with Gasteiger partial charge < -0.3 is 4.98 Å². The molecule has 3 heteroatoms. The van der Waals surface area contributed by atoms with Crippen molar-refractivity contribution in [3.05, 3.63) is 48.2 Å². The summed E-state index contributed by atoms with van der Waals surface area (Å²) in [5.74, 6) is 0. The van der Waals surface area contributed by atoms with Gasteiger partial charge in [-0.05, 0) is 11.8 Å². The zero-order valence-electron chi connectivity index (χ0n) is 13.7. The Balaban J connectivity index is 0.00000220. The number of aryl methyl sites for hydroxylation is 1. The monoisotopic (exact) mass is 436 g/mol. The Kier molecular flexibility index (Phi) is 3.65. The van der Waals surface area contributed by atoms with E-state index in [1.807, 2.05) is 6.20 Å². The van der Waals surface area contributed by atoms with Gasteiger partial charge in [-0.2, -0.15) is 0 Å². The summed E-state index contributed by atoms with van der Waals surface area (Å²) >= 11 is 0. The predicted molar refractivity (Wildman–Crippen MR) is 76.2 cm³/mol. The zero-order chi connectivity index (χ0) is 15.0. The molecule has 1 radical (unpaired) electrons. The first-order valence-corrected chi connectivity index (χ1v) is 9.17. The Labute approximate surface area is 128 Å². The molecule has 0 unspecified atom stereocenters. The van der Waals surface area contributed by atoms with Crippen molar-refractivity contribution in [2.24, 2.45) is 0 Å². The van der Waals surface area contributed by atoms with Crippen molar-refractivity contribution in [1.82, 2.24) is 4.98 Å². The Morgan fingerprint density at radius 3 is 2.56 bits per heavy atom. The summed E-state index contributed by atoms with van der Waals surface area (Å²) in [6, 6.07) is 12.1. The normalized spacial score (nSPS) is 14.1. The predicted octanol–water partition coefficient (Wildman–Crippen LogP) is 3.40. The second kappa shape index (κ2) is 5.92. The fraction of sp³-hybridized carbons (Fsp3) is 0.267. The average Bonchev–Trinajstić information content (AvgIpc) is 2.37. The molecule has 0 N–H and O–H groups in total. The summed E-state index contributed by atoms with van der Waals surface area (Å²) < 4.78 is 22.1. The topological polar surface area (TPSA) is 12.9 Å². The maximum Gasteiger partial charge on any atom is 0.0767 e. The van der Waals surface area contributed by atoms with Gasteiger partial charge in [0, 0.05) is 30.4 Å². The van der Waals surface area contributed by atoms with Crippen molar-refractivity contribution in [2.45, 2.75) is 26.5 Å². The van der Waals surface area contributed by atoms with Crippen molar-refractivity contribution >= 4 is 13.3 Å². The molecule has 0 saturated heterocycles. The minimum absolute atomic E-state index is 0. The molecule has 1 heterocycles. The van der Waals surface area contributed by atoms with Crippen LogP contribution in [0.2, 0.25) is 19.6 Å². The van der Waals surface area contributed by atoms with Crippen molar-refractivity contribution in [1.29, 1.82) is 0 Å². The van der Waals surface area contributed by atoms with Crippen LogP contribution in [0.4, 0.5) is 0 Å². The molecule has 1 aromatic carbocycles. The SMILES string of the molecule is [2H]C([2H])([2H])c1c[c-]c(-c2cc([Si](C)(C)C)ccn2)cc1.[Ir]. The van der Waals surface area contributed by atoms with Crippen LogP contribution in [0.3, 0.4) is 0 Å². The molecule has 18 heavy (non-hydrogen) atoms. The third-order valence-electron chi connectivity index (χ3n) is 2.71. The first-order valence-electron chi connectivity index (χ1n) is 7.17. The van der Waals surface area contributed by atoms with Gasteiger partial charge in [0.05, 0.1) is 8.07 Å². The summed E-state index contributed by atoms with van der Waals surface area (Å²) in [6.45, 7) is 4.78. The van der Waals surface area contributed by atoms with E-state index in [2.05, 4.69) is 42.8 Å². The van der Waals surface area contributed by atoms with Crippen LogP contribution in [0.15, 0.2) is 36.5 Å². The molecule has 1 aromatic heterocycles. The average molecular weight is 436 g/mol. The second-order valence-electron chi connectivity index (χ2n) is 5.17. The molecular weight excluding hydrogens is 414 g/mol. The molecule has 1 nitrogen and oxygen atoms in total. The molecular formula is C15H18IrNSi-. The minimum Gasteiger partial charge on any atom is -0.305 e. The van der Waals surface area contributed by atoms with E-state index < -0.39 is 14.9 Å². The van der Waals surface area contributed by atoms with Gasteiger partial charge in [0.1, 0.15) is 0 Å². The molecule has 0 atom stereocenters. The van der Waals surface area contributed by atoms with Crippen molar-refractivity contribution in [3.8, 4) is 11.3 Å². The van der Waals surface area contributed by atoms with E-state index in [4.69, 9.17) is 4.11 Å². The second-order valence-corrected chi connectivity index (χ2v) is 10.2. The van der Waals surface area contributed by atoms with Gasteiger partial charge in [-0.15, -0.1) is 35.4 Å². The number of nitrogens with zero attached hydrogens (tertiary/aromatic N) is 1. The minimum atomic E-state index is -2.08. The number of pyridine rings is 1. The molecule has 0 aliphatic rings. The molecule has 0 bridgehead atoms. The summed E-state index contributed by atoms with van der Waals surface area (Å²) in [6.07, 6.45) is 1.81. The van der Waals surface area contributed by atoms with Crippen LogP contribution in [0, 0.1) is 12.9 Å². The van der Waals surface area contributed by atoms with Crippen LogP contribution in [0.5, 0.6) is 0 Å². The number of rotatable bonds is 2. The zero-order valence-corrected chi connectivity index (χ0v) is 14.1. The quantitative estimate of drug-likeness (QED) is 0.521. The molecule has 0 aliphatic carbocycles. The molecule has 97 valence electrons. The van der Waals surface area contributed by atoms with Crippen LogP contribution in [-0.4, -0.2) is 13.1 Å². The van der Waals surface area contributed by atoms with Gasteiger partial charge in [-0.3, -0.25) is 0 Å². The van der Waals surface area contributed by atoms with Crippen LogP contribution in [0.1, 0.15) is 9.68 Å². The van der Waals surface area contributed by atoms with Crippen LogP contribution >= 0.6 is 0 Å². The fourth-order valence-corrected chi connectivity index (χ4v) is 2.77. The smallest absolute Gasteiger partial charge is 0.0767 e. The molecule has 2 rings (SSSR count). The first kappa shape index (κ1) is 11.1. The maximum atomic E-state index is 7.37. The summed E-state index contributed by atoms with van der Waals surface area (Å²) in [7, 11) is -1.38. The van der Waals surface area contributed by atoms with Crippen molar-refractivity contribution < 1.29 is 24.2 Å². The number of hydrogen-bond donors (Lipinski definition) is 0. The summed E-state index contributed by atoms with van der Waals surface area (Å²) in [4.78, 5) is 4.37. The van der Waals surface area contributed by atoms with E-state index in [1.165, 1.54) is 11.3 Å². The largest absolute Gasteiger partial charge is 0.305 e. The molecule has 0 fully saturated rings. The Morgan fingerprint density at radius 2 is 2.00 bits per heavy atom. The standard InChI is InChI=1S/C15H18NSi.Ir/c1-12-5-7-13(8-6-12)15-11-14(9-10-16-15)17(2,3)4;/h5-7,9-11H,1-4H3;/q-1;/i1D3;. The Bertz CT molecular complexity index is 604. The number of hydrogen-bond acceptors (Lipinski definition) is 1. The van der Waals surface area contributed by atoms with Crippen LogP contribution in [0.25, 0.3) is 11.3 Å². The van der Waals surface area contributed by atoms with Crippen LogP contribution in [-0.2, 0) is 20.1 Å². The van der Waals surface area contributed by atoms with Gasteiger partial charge >= 0.3 is 0 Å².